The quantitative estimate of drug-likeness (QED) is 0.691. The molecule has 0 atom stereocenters. The highest BCUT2D eigenvalue weighted by atomic mass is 79.9. The lowest BCUT2D eigenvalue weighted by Gasteiger charge is -2.10. The van der Waals surface area contributed by atoms with E-state index in [9.17, 15) is 0 Å². The molecule has 5 heteroatoms. The smallest absolute Gasteiger partial charge is 0.223 e. The lowest BCUT2D eigenvalue weighted by Crippen LogP contribution is -2.00. The molecule has 0 N–H and O–H groups in total. The van der Waals surface area contributed by atoms with Crippen molar-refractivity contribution in [2.75, 3.05) is 6.61 Å². The molecule has 1 aromatic carbocycles. The van der Waals surface area contributed by atoms with Gasteiger partial charge in [0, 0.05) is 12.0 Å². The van der Waals surface area contributed by atoms with Crippen molar-refractivity contribution in [3.8, 4) is 17.4 Å². The van der Waals surface area contributed by atoms with Crippen LogP contribution in [0.4, 0.5) is 0 Å². The van der Waals surface area contributed by atoms with Gasteiger partial charge in [-0.1, -0.05) is 20.8 Å². The molecule has 0 fully saturated rings. The molecule has 1 heterocycles. The Kier molecular flexibility index (Phi) is 5.56. The molecular weight excluding hydrogens is 332 g/mol. The van der Waals surface area contributed by atoms with Gasteiger partial charge in [0.1, 0.15) is 21.9 Å². The minimum atomic E-state index is 0.245. The Hall–Kier alpha value is -1.62. The van der Waals surface area contributed by atoms with Crippen molar-refractivity contribution in [2.24, 2.45) is 0 Å². The predicted octanol–water partition coefficient (Wildman–Crippen LogP) is 4.94. The highest BCUT2D eigenvalue weighted by Crippen LogP contribution is 2.25. The average molecular weight is 351 g/mol. The van der Waals surface area contributed by atoms with E-state index >= 15 is 0 Å². The first-order valence-corrected chi connectivity index (χ1v) is 7.83. The average Bonchev–Trinajstić information content (AvgIpc) is 2.46. The van der Waals surface area contributed by atoms with E-state index in [4.69, 9.17) is 9.47 Å². The number of aromatic nitrogens is 2. The summed E-state index contributed by atoms with van der Waals surface area (Å²) in [6.07, 6.45) is 0.991. The summed E-state index contributed by atoms with van der Waals surface area (Å²) >= 11 is 3.38. The van der Waals surface area contributed by atoms with Crippen LogP contribution in [0, 0.1) is 0 Å². The minimum Gasteiger partial charge on any atom is -0.494 e. The Morgan fingerprint density at radius 3 is 2.38 bits per heavy atom. The number of hydrogen-bond acceptors (Lipinski definition) is 4. The van der Waals surface area contributed by atoms with Gasteiger partial charge >= 0.3 is 0 Å². The lowest BCUT2D eigenvalue weighted by molar-refractivity contribution is 0.317. The van der Waals surface area contributed by atoms with Crippen molar-refractivity contribution in [3.63, 3.8) is 0 Å². The fraction of sp³-hybridized carbons (Fsp3) is 0.375. The van der Waals surface area contributed by atoms with Crippen LogP contribution in [0.2, 0.25) is 0 Å². The van der Waals surface area contributed by atoms with Crippen LogP contribution in [0.3, 0.4) is 0 Å². The summed E-state index contributed by atoms with van der Waals surface area (Å²) < 4.78 is 12.0. The fourth-order valence-corrected chi connectivity index (χ4v) is 2.05. The van der Waals surface area contributed by atoms with Crippen molar-refractivity contribution in [1.29, 1.82) is 0 Å². The number of halogens is 1. The maximum absolute atomic E-state index is 5.77. The zero-order valence-corrected chi connectivity index (χ0v) is 14.1. The van der Waals surface area contributed by atoms with Gasteiger partial charge in [0.15, 0.2) is 0 Å². The summed E-state index contributed by atoms with van der Waals surface area (Å²) in [6.45, 7) is 6.89. The van der Waals surface area contributed by atoms with Gasteiger partial charge in [-0.2, -0.15) is 4.98 Å². The number of rotatable bonds is 6. The van der Waals surface area contributed by atoms with Gasteiger partial charge in [-0.05, 0) is 46.6 Å². The van der Waals surface area contributed by atoms with Gasteiger partial charge in [0.25, 0.3) is 0 Å². The van der Waals surface area contributed by atoms with E-state index < -0.39 is 0 Å². The molecule has 1 aromatic heterocycles. The molecule has 4 nitrogen and oxygen atoms in total. The first-order chi connectivity index (χ1) is 10.1. The van der Waals surface area contributed by atoms with Gasteiger partial charge in [0.2, 0.25) is 5.88 Å². The molecule has 0 aliphatic heterocycles. The van der Waals surface area contributed by atoms with Crippen LogP contribution in [0.5, 0.6) is 17.4 Å². The number of nitrogens with zero attached hydrogens (tertiary/aromatic N) is 2. The molecule has 0 saturated heterocycles. The summed E-state index contributed by atoms with van der Waals surface area (Å²) in [5.74, 6) is 3.09. The van der Waals surface area contributed by atoms with Gasteiger partial charge in [-0.3, -0.25) is 0 Å². The Balaban J connectivity index is 2.10. The summed E-state index contributed by atoms with van der Waals surface area (Å²) in [7, 11) is 0. The van der Waals surface area contributed by atoms with Crippen molar-refractivity contribution >= 4 is 15.9 Å². The van der Waals surface area contributed by atoms with E-state index in [-0.39, 0.29) is 5.92 Å². The van der Waals surface area contributed by atoms with Gasteiger partial charge in [-0.25, -0.2) is 4.98 Å². The molecule has 0 radical (unpaired) electrons. The summed E-state index contributed by atoms with van der Waals surface area (Å²) in [5, 5.41) is 0. The maximum atomic E-state index is 5.77. The zero-order chi connectivity index (χ0) is 15.2. The first kappa shape index (κ1) is 15.8. The van der Waals surface area contributed by atoms with Crippen molar-refractivity contribution < 1.29 is 9.47 Å². The number of ether oxygens (including phenoxy) is 2. The Labute approximate surface area is 133 Å². The summed E-state index contributed by atoms with van der Waals surface area (Å²) in [6, 6.07) is 9.29. The fourth-order valence-electron chi connectivity index (χ4n) is 1.67. The van der Waals surface area contributed by atoms with Gasteiger partial charge in [-0.15, -0.1) is 0 Å². The highest BCUT2D eigenvalue weighted by Gasteiger charge is 2.08. The maximum Gasteiger partial charge on any atom is 0.223 e. The van der Waals surface area contributed by atoms with Crippen molar-refractivity contribution in [2.45, 2.75) is 33.1 Å². The lowest BCUT2D eigenvalue weighted by atomic mass is 10.2. The van der Waals surface area contributed by atoms with Crippen LogP contribution in [0.1, 0.15) is 38.9 Å². The third kappa shape index (κ3) is 4.70. The van der Waals surface area contributed by atoms with Crippen LogP contribution >= 0.6 is 15.9 Å². The first-order valence-electron chi connectivity index (χ1n) is 7.03. The number of hydrogen-bond donors (Lipinski definition) is 0. The molecule has 112 valence electrons. The molecule has 0 aliphatic rings. The van der Waals surface area contributed by atoms with Crippen LogP contribution in [0.25, 0.3) is 0 Å². The van der Waals surface area contributed by atoms with E-state index in [0.717, 1.165) is 35.0 Å². The molecule has 0 amide bonds. The van der Waals surface area contributed by atoms with E-state index in [0.29, 0.717) is 5.88 Å². The molecule has 2 aromatic rings. The monoisotopic (exact) mass is 350 g/mol. The van der Waals surface area contributed by atoms with Crippen LogP contribution < -0.4 is 9.47 Å². The molecule has 0 unspecified atom stereocenters. The largest absolute Gasteiger partial charge is 0.494 e. The third-order valence-corrected chi connectivity index (χ3v) is 3.13. The van der Waals surface area contributed by atoms with Crippen LogP contribution in [0.15, 0.2) is 34.9 Å². The molecule has 0 bridgehead atoms. The van der Waals surface area contributed by atoms with Crippen molar-refractivity contribution in [3.05, 3.63) is 40.8 Å². The highest BCUT2D eigenvalue weighted by molar-refractivity contribution is 9.10. The summed E-state index contributed by atoms with van der Waals surface area (Å²) in [4.78, 5) is 8.73. The molecule has 0 aliphatic carbocycles. The summed E-state index contributed by atoms with van der Waals surface area (Å²) in [5.41, 5.74) is 0. The van der Waals surface area contributed by atoms with Crippen LogP contribution in [-0.2, 0) is 0 Å². The standard InChI is InChI=1S/C16H19BrN2O2/c1-4-9-20-12-5-7-13(8-6-12)21-15-10-14(17)18-16(19-15)11(2)3/h5-8,10-11H,4,9H2,1-3H3. The van der Waals surface area contributed by atoms with E-state index in [1.54, 1.807) is 6.07 Å². The Morgan fingerprint density at radius 1 is 1.10 bits per heavy atom. The third-order valence-electron chi connectivity index (χ3n) is 2.72. The van der Waals surface area contributed by atoms with Gasteiger partial charge < -0.3 is 9.47 Å². The molecule has 0 saturated carbocycles. The van der Waals surface area contributed by atoms with Crippen LogP contribution in [-0.4, -0.2) is 16.6 Å². The second-order valence-electron chi connectivity index (χ2n) is 4.96. The zero-order valence-electron chi connectivity index (χ0n) is 12.5. The predicted molar refractivity (Wildman–Crippen MR) is 86.1 cm³/mol. The Morgan fingerprint density at radius 2 is 1.76 bits per heavy atom. The Bertz CT molecular complexity index is 585. The second-order valence-corrected chi connectivity index (χ2v) is 5.78. The molecular formula is C16H19BrN2O2. The molecule has 21 heavy (non-hydrogen) atoms. The van der Waals surface area contributed by atoms with Gasteiger partial charge in [0.05, 0.1) is 6.61 Å². The minimum absolute atomic E-state index is 0.245. The topological polar surface area (TPSA) is 44.2 Å². The van der Waals surface area contributed by atoms with Crippen molar-refractivity contribution in [1.82, 2.24) is 9.97 Å². The molecule has 0 spiro atoms. The molecule has 2 rings (SSSR count). The van der Waals surface area contributed by atoms with E-state index in [1.165, 1.54) is 0 Å². The number of benzene rings is 1. The van der Waals surface area contributed by atoms with E-state index in [2.05, 4.69) is 32.8 Å². The SMILES string of the molecule is CCCOc1ccc(Oc2cc(Br)nc(C(C)C)n2)cc1. The normalized spacial score (nSPS) is 10.7. The van der Waals surface area contributed by atoms with E-state index in [1.807, 2.05) is 38.1 Å². The second kappa shape index (κ2) is 7.41.